The topological polar surface area (TPSA) is 81.8 Å². The fourth-order valence-electron chi connectivity index (χ4n) is 4.04. The van der Waals surface area contributed by atoms with E-state index in [1.54, 1.807) is 24.3 Å². The van der Waals surface area contributed by atoms with Crippen LogP contribution in [0.3, 0.4) is 0 Å². The normalized spacial score (nSPS) is 14.7. The van der Waals surface area contributed by atoms with Crippen molar-refractivity contribution in [2.45, 2.75) is 39.2 Å². The summed E-state index contributed by atoms with van der Waals surface area (Å²) in [5, 5.41) is 5.60. The molecule has 32 heavy (non-hydrogen) atoms. The van der Waals surface area contributed by atoms with Crippen molar-refractivity contribution in [2.75, 3.05) is 36.8 Å². The second kappa shape index (κ2) is 11.4. The number of amides is 3. The highest BCUT2D eigenvalue weighted by Crippen LogP contribution is 2.25. The van der Waals surface area contributed by atoms with Gasteiger partial charge in [0.05, 0.1) is 6.54 Å². The summed E-state index contributed by atoms with van der Waals surface area (Å²) in [5.41, 5.74) is 2.21. The zero-order chi connectivity index (χ0) is 22.9. The zero-order valence-corrected chi connectivity index (χ0v) is 18.8. The van der Waals surface area contributed by atoms with E-state index in [2.05, 4.69) is 10.6 Å². The predicted octanol–water partition coefficient (Wildman–Crippen LogP) is 3.66. The average Bonchev–Trinajstić information content (AvgIpc) is 2.80. The Morgan fingerprint density at radius 2 is 1.50 bits per heavy atom. The maximum absolute atomic E-state index is 13.5. The van der Waals surface area contributed by atoms with Gasteiger partial charge >= 0.3 is 0 Å². The van der Waals surface area contributed by atoms with E-state index in [1.807, 2.05) is 47.1 Å². The highest BCUT2D eigenvalue weighted by atomic mass is 16.2. The molecular formula is C25H32N4O3. The molecule has 2 aromatic rings. The largest absolute Gasteiger partial charge is 0.341 e. The molecule has 1 saturated heterocycles. The molecule has 7 heteroatoms. The van der Waals surface area contributed by atoms with Crippen LogP contribution in [0.25, 0.3) is 0 Å². The molecule has 1 heterocycles. The summed E-state index contributed by atoms with van der Waals surface area (Å²) in [4.78, 5) is 41.3. The number of hydrogen-bond donors (Lipinski definition) is 2. The molecular weight excluding hydrogens is 404 g/mol. The summed E-state index contributed by atoms with van der Waals surface area (Å²) in [7, 11) is 0. The highest BCUT2D eigenvalue weighted by molar-refractivity contribution is 5.94. The van der Waals surface area contributed by atoms with E-state index in [4.69, 9.17) is 0 Å². The van der Waals surface area contributed by atoms with Crippen LogP contribution in [-0.4, -0.2) is 53.7 Å². The average molecular weight is 437 g/mol. The lowest BCUT2D eigenvalue weighted by Gasteiger charge is -2.35. The van der Waals surface area contributed by atoms with Crippen molar-refractivity contribution in [1.29, 1.82) is 0 Å². The zero-order valence-electron chi connectivity index (χ0n) is 18.8. The van der Waals surface area contributed by atoms with E-state index in [0.29, 0.717) is 17.9 Å². The minimum absolute atomic E-state index is 0.0604. The summed E-state index contributed by atoms with van der Waals surface area (Å²) < 4.78 is 0. The molecule has 1 aliphatic heterocycles. The third-order valence-corrected chi connectivity index (χ3v) is 5.62. The number of carbonyl (C=O) groups is 3. The molecule has 2 N–H and O–H groups in total. The van der Waals surface area contributed by atoms with Crippen molar-refractivity contribution in [3.05, 3.63) is 60.2 Å². The van der Waals surface area contributed by atoms with Gasteiger partial charge in [0.1, 0.15) is 6.04 Å². The second-order valence-electron chi connectivity index (χ2n) is 8.07. The third-order valence-electron chi connectivity index (χ3n) is 5.62. The maximum Gasteiger partial charge on any atom is 0.244 e. The lowest BCUT2D eigenvalue weighted by molar-refractivity contribution is -0.138. The quantitative estimate of drug-likeness (QED) is 0.662. The lowest BCUT2D eigenvalue weighted by atomic mass is 10.0. The van der Waals surface area contributed by atoms with Crippen molar-refractivity contribution >= 4 is 29.1 Å². The van der Waals surface area contributed by atoms with E-state index in [9.17, 15) is 14.4 Å². The maximum atomic E-state index is 13.5. The Morgan fingerprint density at radius 3 is 2.06 bits per heavy atom. The Labute approximate surface area is 189 Å². The van der Waals surface area contributed by atoms with Gasteiger partial charge in [-0.2, -0.15) is 0 Å². The van der Waals surface area contributed by atoms with Gasteiger partial charge in [0, 0.05) is 31.4 Å². The minimum atomic E-state index is -0.493. The lowest BCUT2D eigenvalue weighted by Crippen LogP contribution is -2.47. The third kappa shape index (κ3) is 6.40. The number of rotatable bonds is 8. The fraction of sp³-hybridized carbons (Fsp3) is 0.400. The van der Waals surface area contributed by atoms with Crippen LogP contribution in [0, 0.1) is 0 Å². The molecule has 7 nitrogen and oxygen atoms in total. The number of nitrogens with one attached hydrogen (secondary N) is 2. The molecule has 1 atom stereocenters. The number of piperidine rings is 1. The Balaban J connectivity index is 1.72. The monoisotopic (exact) mass is 436 g/mol. The Morgan fingerprint density at radius 1 is 0.906 bits per heavy atom. The minimum Gasteiger partial charge on any atom is -0.341 e. The Hall–Kier alpha value is -3.19. The Kier molecular flexibility index (Phi) is 8.39. The van der Waals surface area contributed by atoms with Crippen molar-refractivity contribution in [1.82, 2.24) is 9.80 Å². The summed E-state index contributed by atoms with van der Waals surface area (Å²) in [5.74, 6) is -0.276. The molecule has 0 radical (unpaired) electrons. The molecule has 1 aliphatic rings. The number of likely N-dealkylation sites (N-methyl/N-ethyl adjacent to an activating group) is 1. The van der Waals surface area contributed by atoms with Crippen LogP contribution in [0.2, 0.25) is 0 Å². The van der Waals surface area contributed by atoms with Crippen molar-refractivity contribution in [3.63, 3.8) is 0 Å². The SMILES string of the molecule is CCN(CC(=O)Nc1ccc(NC(C)=O)cc1)C(C(=O)N1CCCCC1)c1ccccc1. The van der Waals surface area contributed by atoms with Gasteiger partial charge in [-0.25, -0.2) is 0 Å². The van der Waals surface area contributed by atoms with Crippen LogP contribution < -0.4 is 10.6 Å². The number of carbonyl (C=O) groups excluding carboxylic acids is 3. The molecule has 0 bridgehead atoms. The number of likely N-dealkylation sites (tertiary alicyclic amines) is 1. The van der Waals surface area contributed by atoms with Gasteiger partial charge in [0.15, 0.2) is 0 Å². The van der Waals surface area contributed by atoms with Gasteiger partial charge in [-0.3, -0.25) is 19.3 Å². The first-order chi connectivity index (χ1) is 15.5. The van der Waals surface area contributed by atoms with Crippen LogP contribution in [0.15, 0.2) is 54.6 Å². The van der Waals surface area contributed by atoms with Crippen molar-refractivity contribution in [2.24, 2.45) is 0 Å². The van der Waals surface area contributed by atoms with Crippen LogP contribution in [0.5, 0.6) is 0 Å². The molecule has 1 fully saturated rings. The van der Waals surface area contributed by atoms with Crippen LogP contribution >= 0.6 is 0 Å². The van der Waals surface area contributed by atoms with Crippen molar-refractivity contribution < 1.29 is 14.4 Å². The van der Waals surface area contributed by atoms with Gasteiger partial charge < -0.3 is 15.5 Å². The summed E-state index contributed by atoms with van der Waals surface area (Å²) >= 11 is 0. The number of hydrogen-bond acceptors (Lipinski definition) is 4. The van der Waals surface area contributed by atoms with Crippen molar-refractivity contribution in [3.8, 4) is 0 Å². The number of nitrogens with zero attached hydrogens (tertiary/aromatic N) is 2. The fourth-order valence-corrected chi connectivity index (χ4v) is 4.04. The molecule has 2 aromatic carbocycles. The predicted molar refractivity (Wildman–Crippen MR) is 126 cm³/mol. The van der Waals surface area contributed by atoms with Gasteiger partial charge in [0.25, 0.3) is 0 Å². The van der Waals surface area contributed by atoms with E-state index >= 15 is 0 Å². The van der Waals surface area contributed by atoms with Crippen LogP contribution in [-0.2, 0) is 14.4 Å². The van der Waals surface area contributed by atoms with E-state index in [1.165, 1.54) is 6.92 Å². The van der Waals surface area contributed by atoms with E-state index in [-0.39, 0.29) is 24.3 Å². The molecule has 0 spiro atoms. The molecule has 1 unspecified atom stereocenters. The van der Waals surface area contributed by atoms with Gasteiger partial charge in [-0.1, -0.05) is 37.3 Å². The number of benzene rings is 2. The van der Waals surface area contributed by atoms with E-state index in [0.717, 1.165) is 37.9 Å². The van der Waals surface area contributed by atoms with Gasteiger partial charge in [0.2, 0.25) is 17.7 Å². The molecule has 0 saturated carbocycles. The van der Waals surface area contributed by atoms with Crippen LogP contribution in [0.4, 0.5) is 11.4 Å². The summed E-state index contributed by atoms with van der Waals surface area (Å²) in [6.45, 7) is 5.62. The Bertz CT molecular complexity index is 909. The summed E-state index contributed by atoms with van der Waals surface area (Å²) in [6, 6.07) is 16.2. The van der Waals surface area contributed by atoms with Gasteiger partial charge in [-0.05, 0) is 55.6 Å². The highest BCUT2D eigenvalue weighted by Gasteiger charge is 2.32. The van der Waals surface area contributed by atoms with E-state index < -0.39 is 6.04 Å². The van der Waals surface area contributed by atoms with Crippen LogP contribution in [0.1, 0.15) is 44.7 Å². The smallest absolute Gasteiger partial charge is 0.244 e. The first-order valence-electron chi connectivity index (χ1n) is 11.2. The number of anilines is 2. The second-order valence-corrected chi connectivity index (χ2v) is 8.07. The first kappa shape index (κ1) is 23.5. The molecule has 3 rings (SSSR count). The first-order valence-corrected chi connectivity index (χ1v) is 11.2. The molecule has 170 valence electrons. The molecule has 0 aliphatic carbocycles. The van der Waals surface area contributed by atoms with Gasteiger partial charge in [-0.15, -0.1) is 0 Å². The summed E-state index contributed by atoms with van der Waals surface area (Å²) in [6.07, 6.45) is 3.20. The molecule has 0 aromatic heterocycles. The standard InChI is InChI=1S/C25H32N4O3/c1-3-28(18-23(31)27-22-14-12-21(13-15-22)26-19(2)30)24(20-10-6-4-7-11-20)25(32)29-16-8-5-9-17-29/h4,6-7,10-15,24H,3,5,8-9,16-18H2,1-2H3,(H,26,30)(H,27,31). The molecule has 3 amide bonds.